The number of nitrogens with zero attached hydrogens (tertiary/aromatic N) is 1. The molecule has 1 aromatic carbocycles. The Labute approximate surface area is 134 Å². The maximum Gasteiger partial charge on any atom is 0.339 e. The van der Waals surface area contributed by atoms with Gasteiger partial charge in [-0.25, -0.2) is 4.79 Å². The van der Waals surface area contributed by atoms with Gasteiger partial charge >= 0.3 is 5.97 Å². The Kier molecular flexibility index (Phi) is 4.24. The van der Waals surface area contributed by atoms with Crippen molar-refractivity contribution in [3.63, 3.8) is 0 Å². The molecule has 3 aromatic rings. The molecule has 0 amide bonds. The van der Waals surface area contributed by atoms with Gasteiger partial charge in [-0.2, -0.15) is 0 Å². The Bertz CT molecular complexity index is 864. The summed E-state index contributed by atoms with van der Waals surface area (Å²) >= 11 is 0. The second kappa shape index (κ2) is 6.48. The number of hydrogen-bond donors (Lipinski definition) is 0. The molecule has 0 saturated heterocycles. The van der Waals surface area contributed by atoms with Gasteiger partial charge in [0, 0.05) is 29.9 Å². The molecule has 0 unspecified atom stereocenters. The summed E-state index contributed by atoms with van der Waals surface area (Å²) in [5, 5.41) is 0. The van der Waals surface area contributed by atoms with Gasteiger partial charge < -0.3 is 9.14 Å². The van der Waals surface area contributed by atoms with Gasteiger partial charge in [0.1, 0.15) is 6.29 Å². The average molecular weight is 307 g/mol. The van der Waals surface area contributed by atoms with Gasteiger partial charge in [0.05, 0.1) is 12.2 Å². The standard InChI is InChI=1S/C19H17NO3/c1-14-4-5-15(11-17(14)13-21)8-10-23-19(22)16-6-7-18-3-2-9-20(18)12-16/h2-7,9,11-13H,8,10H2,1H3. The summed E-state index contributed by atoms with van der Waals surface area (Å²) in [6, 6.07) is 13.2. The van der Waals surface area contributed by atoms with Crippen LogP contribution in [-0.4, -0.2) is 23.3 Å². The number of hydrogen-bond acceptors (Lipinski definition) is 3. The summed E-state index contributed by atoms with van der Waals surface area (Å²) < 4.78 is 7.20. The first kappa shape index (κ1) is 15.0. The van der Waals surface area contributed by atoms with Gasteiger partial charge in [0.15, 0.2) is 0 Å². The molecular formula is C19H17NO3. The zero-order valence-corrected chi connectivity index (χ0v) is 12.9. The van der Waals surface area contributed by atoms with Crippen LogP contribution in [0, 0.1) is 6.92 Å². The highest BCUT2D eigenvalue weighted by Gasteiger charge is 2.08. The van der Waals surface area contributed by atoms with Crippen molar-refractivity contribution in [2.24, 2.45) is 0 Å². The fourth-order valence-electron chi connectivity index (χ4n) is 2.47. The Hall–Kier alpha value is -2.88. The van der Waals surface area contributed by atoms with Crippen LogP contribution in [0.3, 0.4) is 0 Å². The van der Waals surface area contributed by atoms with E-state index in [1.807, 2.05) is 53.9 Å². The molecule has 0 aliphatic heterocycles. The van der Waals surface area contributed by atoms with Crippen LogP contribution in [0.4, 0.5) is 0 Å². The average Bonchev–Trinajstić information content (AvgIpc) is 3.03. The van der Waals surface area contributed by atoms with E-state index in [0.29, 0.717) is 17.5 Å². The van der Waals surface area contributed by atoms with E-state index in [4.69, 9.17) is 4.74 Å². The van der Waals surface area contributed by atoms with Crippen molar-refractivity contribution < 1.29 is 14.3 Å². The number of carbonyl (C=O) groups is 2. The molecule has 3 rings (SSSR count). The van der Waals surface area contributed by atoms with Crippen LogP contribution in [0.1, 0.15) is 31.8 Å². The third-order valence-corrected chi connectivity index (χ3v) is 3.85. The van der Waals surface area contributed by atoms with E-state index in [9.17, 15) is 9.59 Å². The fraction of sp³-hybridized carbons (Fsp3) is 0.158. The lowest BCUT2D eigenvalue weighted by Crippen LogP contribution is -2.09. The molecule has 0 saturated carbocycles. The van der Waals surface area contributed by atoms with E-state index < -0.39 is 0 Å². The van der Waals surface area contributed by atoms with Crippen LogP contribution >= 0.6 is 0 Å². The normalized spacial score (nSPS) is 10.7. The van der Waals surface area contributed by atoms with E-state index in [0.717, 1.165) is 22.9 Å². The molecule has 0 radical (unpaired) electrons. The molecular weight excluding hydrogens is 290 g/mol. The lowest BCUT2D eigenvalue weighted by Gasteiger charge is -2.07. The maximum atomic E-state index is 12.1. The highest BCUT2D eigenvalue weighted by Crippen LogP contribution is 2.11. The van der Waals surface area contributed by atoms with E-state index in [1.54, 1.807) is 12.3 Å². The van der Waals surface area contributed by atoms with Crippen molar-refractivity contribution in [1.29, 1.82) is 0 Å². The molecule has 4 nitrogen and oxygen atoms in total. The topological polar surface area (TPSA) is 47.8 Å². The minimum atomic E-state index is -0.344. The number of aromatic nitrogens is 1. The maximum absolute atomic E-state index is 12.1. The summed E-state index contributed by atoms with van der Waals surface area (Å²) in [4.78, 5) is 23.0. The molecule has 4 heteroatoms. The number of fused-ring (bicyclic) bond motifs is 1. The second-order valence-electron chi connectivity index (χ2n) is 5.45. The Balaban J connectivity index is 1.61. The lowest BCUT2D eigenvalue weighted by atomic mass is 10.0. The summed E-state index contributed by atoms with van der Waals surface area (Å²) in [6.07, 6.45) is 5.07. The molecule has 2 heterocycles. The number of aldehydes is 1. The largest absolute Gasteiger partial charge is 0.462 e. The summed E-state index contributed by atoms with van der Waals surface area (Å²) in [5.74, 6) is -0.344. The molecule has 2 aromatic heterocycles. The van der Waals surface area contributed by atoms with E-state index >= 15 is 0 Å². The first-order valence-electron chi connectivity index (χ1n) is 7.46. The number of benzene rings is 1. The van der Waals surface area contributed by atoms with Crippen molar-refractivity contribution in [2.45, 2.75) is 13.3 Å². The van der Waals surface area contributed by atoms with Crippen LogP contribution in [0.5, 0.6) is 0 Å². The van der Waals surface area contributed by atoms with E-state index in [-0.39, 0.29) is 12.6 Å². The third kappa shape index (κ3) is 3.31. The zero-order chi connectivity index (χ0) is 16.2. The molecule has 23 heavy (non-hydrogen) atoms. The molecule has 116 valence electrons. The van der Waals surface area contributed by atoms with Crippen molar-refractivity contribution in [3.05, 3.63) is 77.1 Å². The van der Waals surface area contributed by atoms with Gasteiger partial charge in [-0.05, 0) is 48.4 Å². The molecule has 0 fully saturated rings. The van der Waals surface area contributed by atoms with Crippen molar-refractivity contribution in [1.82, 2.24) is 4.40 Å². The van der Waals surface area contributed by atoms with Crippen LogP contribution in [0.2, 0.25) is 0 Å². The van der Waals surface area contributed by atoms with Crippen LogP contribution in [0.15, 0.2) is 54.9 Å². The fourth-order valence-corrected chi connectivity index (χ4v) is 2.47. The van der Waals surface area contributed by atoms with E-state index in [2.05, 4.69) is 0 Å². The highest BCUT2D eigenvalue weighted by molar-refractivity contribution is 5.89. The number of ether oxygens (including phenoxy) is 1. The minimum absolute atomic E-state index is 0.282. The smallest absolute Gasteiger partial charge is 0.339 e. The quantitative estimate of drug-likeness (QED) is 0.536. The first-order chi connectivity index (χ1) is 11.2. The van der Waals surface area contributed by atoms with Gasteiger partial charge in [0.2, 0.25) is 0 Å². The third-order valence-electron chi connectivity index (χ3n) is 3.85. The van der Waals surface area contributed by atoms with Gasteiger partial charge in [-0.15, -0.1) is 0 Å². The van der Waals surface area contributed by atoms with Crippen LogP contribution < -0.4 is 0 Å². The van der Waals surface area contributed by atoms with E-state index in [1.165, 1.54) is 0 Å². The van der Waals surface area contributed by atoms with Gasteiger partial charge in [-0.1, -0.05) is 12.1 Å². The molecule has 0 N–H and O–H groups in total. The Morgan fingerprint density at radius 2 is 2.09 bits per heavy atom. The monoisotopic (exact) mass is 307 g/mol. The molecule has 0 aliphatic carbocycles. The summed E-state index contributed by atoms with van der Waals surface area (Å²) in [7, 11) is 0. The van der Waals surface area contributed by atoms with Crippen LogP contribution in [-0.2, 0) is 11.2 Å². The first-order valence-corrected chi connectivity index (χ1v) is 7.46. The van der Waals surface area contributed by atoms with Gasteiger partial charge in [0.25, 0.3) is 0 Å². The number of carbonyl (C=O) groups excluding carboxylic acids is 2. The molecule has 0 spiro atoms. The Morgan fingerprint density at radius 1 is 1.22 bits per heavy atom. The number of pyridine rings is 1. The summed E-state index contributed by atoms with van der Waals surface area (Å²) in [5.41, 5.74) is 4.15. The molecule has 0 aliphatic rings. The lowest BCUT2D eigenvalue weighted by molar-refractivity contribution is 0.0508. The predicted molar refractivity (Wildman–Crippen MR) is 88.0 cm³/mol. The zero-order valence-electron chi connectivity index (χ0n) is 12.9. The predicted octanol–water partition coefficient (Wildman–Crippen LogP) is 3.46. The SMILES string of the molecule is Cc1ccc(CCOC(=O)c2ccc3cccn3c2)cc1C=O. The Morgan fingerprint density at radius 3 is 2.91 bits per heavy atom. The second-order valence-corrected chi connectivity index (χ2v) is 5.45. The van der Waals surface area contributed by atoms with Crippen molar-refractivity contribution in [3.8, 4) is 0 Å². The molecule has 0 bridgehead atoms. The van der Waals surface area contributed by atoms with Crippen molar-refractivity contribution >= 4 is 17.8 Å². The van der Waals surface area contributed by atoms with Gasteiger partial charge in [-0.3, -0.25) is 4.79 Å². The number of rotatable bonds is 5. The van der Waals surface area contributed by atoms with Crippen molar-refractivity contribution in [2.75, 3.05) is 6.61 Å². The highest BCUT2D eigenvalue weighted by atomic mass is 16.5. The number of esters is 1. The minimum Gasteiger partial charge on any atom is -0.462 e. The van der Waals surface area contributed by atoms with Crippen LogP contribution in [0.25, 0.3) is 5.52 Å². The number of aryl methyl sites for hydroxylation is 1. The summed E-state index contributed by atoms with van der Waals surface area (Å²) in [6.45, 7) is 2.18. The molecule has 0 atom stereocenters.